The molecule has 2 aromatic rings. The average molecular weight is 431 g/mol. The van der Waals surface area contributed by atoms with Gasteiger partial charge in [0.1, 0.15) is 5.75 Å². The molecular weight excluding hydrogens is 414 g/mol. The Morgan fingerprint density at radius 3 is 2.90 bits per heavy atom. The minimum absolute atomic E-state index is 0.269. The first-order valence-electron chi connectivity index (χ1n) is 7.10. The number of thiophene rings is 1. The van der Waals surface area contributed by atoms with E-state index in [1.807, 2.05) is 6.07 Å². The molecule has 0 saturated heterocycles. The zero-order valence-electron chi connectivity index (χ0n) is 11.7. The number of hydrogen-bond acceptors (Lipinski definition) is 3. The molecule has 5 heteroatoms. The Hall–Kier alpha value is -0.360. The Kier molecular flexibility index (Phi) is 5.04. The molecule has 1 N–H and O–H groups in total. The molecule has 2 unspecified atom stereocenters. The van der Waals surface area contributed by atoms with Crippen molar-refractivity contribution >= 4 is 43.2 Å². The first-order valence-corrected chi connectivity index (χ1v) is 9.50. The van der Waals surface area contributed by atoms with Crippen LogP contribution in [0.2, 0.25) is 0 Å². The van der Waals surface area contributed by atoms with Crippen molar-refractivity contribution in [3.8, 4) is 5.75 Å². The summed E-state index contributed by atoms with van der Waals surface area (Å²) in [6.07, 6.45) is 1.12. The molecule has 0 saturated carbocycles. The summed E-state index contributed by atoms with van der Waals surface area (Å²) in [7, 11) is 0. The van der Waals surface area contributed by atoms with Crippen LogP contribution in [0.4, 0.5) is 0 Å². The summed E-state index contributed by atoms with van der Waals surface area (Å²) < 4.78 is 8.22. The maximum absolute atomic E-state index is 5.88. The highest BCUT2D eigenvalue weighted by Gasteiger charge is 2.33. The first kappa shape index (κ1) is 15.5. The molecule has 0 spiro atoms. The van der Waals surface area contributed by atoms with Crippen LogP contribution in [0.15, 0.2) is 37.9 Å². The van der Waals surface area contributed by atoms with E-state index in [9.17, 15) is 0 Å². The predicted molar refractivity (Wildman–Crippen MR) is 95.4 cm³/mol. The zero-order valence-corrected chi connectivity index (χ0v) is 15.7. The van der Waals surface area contributed by atoms with Gasteiger partial charge >= 0.3 is 0 Å². The standard InChI is InChI=1S/C16H17Br2NOS/c1-2-7-19-15(11-8-14(17)21-16(11)18)12-9-20-13-6-4-3-5-10(12)13/h3-6,8,12,15,19H,2,7,9H2,1H3. The van der Waals surface area contributed by atoms with Gasteiger partial charge < -0.3 is 10.1 Å². The van der Waals surface area contributed by atoms with Gasteiger partial charge in [0.15, 0.2) is 0 Å². The molecule has 2 nitrogen and oxygen atoms in total. The summed E-state index contributed by atoms with van der Waals surface area (Å²) in [4.78, 5) is 0. The molecule has 0 amide bonds. The molecule has 1 aliphatic rings. The smallest absolute Gasteiger partial charge is 0.122 e. The van der Waals surface area contributed by atoms with E-state index >= 15 is 0 Å². The molecule has 2 atom stereocenters. The maximum atomic E-state index is 5.88. The summed E-state index contributed by atoms with van der Waals surface area (Å²) in [5.74, 6) is 1.38. The molecule has 1 aliphatic heterocycles. The third-order valence-electron chi connectivity index (χ3n) is 3.77. The van der Waals surface area contributed by atoms with Crippen LogP contribution in [0.5, 0.6) is 5.75 Å². The number of hydrogen-bond donors (Lipinski definition) is 1. The highest BCUT2D eigenvalue weighted by molar-refractivity contribution is 9.12. The van der Waals surface area contributed by atoms with Crippen molar-refractivity contribution in [1.82, 2.24) is 5.32 Å². The van der Waals surface area contributed by atoms with E-state index in [-0.39, 0.29) is 6.04 Å². The normalized spacial score (nSPS) is 18.3. The van der Waals surface area contributed by atoms with E-state index in [0.29, 0.717) is 5.92 Å². The molecule has 1 aromatic heterocycles. The lowest BCUT2D eigenvalue weighted by Gasteiger charge is -2.24. The van der Waals surface area contributed by atoms with Crippen LogP contribution >= 0.6 is 43.2 Å². The largest absolute Gasteiger partial charge is 0.493 e. The van der Waals surface area contributed by atoms with Gasteiger partial charge in [0.25, 0.3) is 0 Å². The van der Waals surface area contributed by atoms with Gasteiger partial charge in [-0.25, -0.2) is 0 Å². The SMILES string of the molecule is CCCNC(c1cc(Br)sc1Br)C1COc2ccccc21. The van der Waals surface area contributed by atoms with Gasteiger partial charge in [-0.3, -0.25) is 0 Å². The average Bonchev–Trinajstić information content (AvgIpc) is 3.04. The molecular formula is C16H17Br2NOS. The van der Waals surface area contributed by atoms with Crippen molar-refractivity contribution in [2.45, 2.75) is 25.3 Å². The van der Waals surface area contributed by atoms with Crippen molar-refractivity contribution in [2.75, 3.05) is 13.2 Å². The van der Waals surface area contributed by atoms with Crippen LogP contribution in [0.25, 0.3) is 0 Å². The number of benzene rings is 1. The lowest BCUT2D eigenvalue weighted by atomic mass is 9.89. The maximum Gasteiger partial charge on any atom is 0.122 e. The van der Waals surface area contributed by atoms with E-state index in [1.54, 1.807) is 11.3 Å². The number of halogens is 2. The minimum Gasteiger partial charge on any atom is -0.493 e. The zero-order chi connectivity index (χ0) is 14.8. The summed E-state index contributed by atoms with van der Waals surface area (Å²) in [5, 5.41) is 3.70. The number of rotatable bonds is 5. The summed E-state index contributed by atoms with van der Waals surface area (Å²) in [5.41, 5.74) is 2.62. The summed E-state index contributed by atoms with van der Waals surface area (Å²) in [6.45, 7) is 3.94. The van der Waals surface area contributed by atoms with Crippen molar-refractivity contribution in [3.05, 3.63) is 49.0 Å². The lowest BCUT2D eigenvalue weighted by molar-refractivity contribution is 0.299. The number of ether oxygens (including phenoxy) is 1. The van der Waals surface area contributed by atoms with Crippen LogP contribution in [-0.4, -0.2) is 13.2 Å². The van der Waals surface area contributed by atoms with Crippen LogP contribution in [-0.2, 0) is 0 Å². The highest BCUT2D eigenvalue weighted by Crippen LogP contribution is 2.45. The Bertz CT molecular complexity index is 628. The third kappa shape index (κ3) is 3.21. The topological polar surface area (TPSA) is 21.3 Å². The van der Waals surface area contributed by atoms with Gasteiger partial charge in [-0.15, -0.1) is 11.3 Å². The van der Waals surface area contributed by atoms with E-state index in [0.717, 1.165) is 29.1 Å². The third-order valence-corrected chi connectivity index (χ3v) is 6.16. The Balaban J connectivity index is 1.95. The fourth-order valence-corrected chi connectivity index (χ4v) is 5.73. The molecule has 2 heterocycles. The van der Waals surface area contributed by atoms with Gasteiger partial charge in [0, 0.05) is 17.5 Å². The van der Waals surface area contributed by atoms with Crippen LogP contribution in [0, 0.1) is 0 Å². The van der Waals surface area contributed by atoms with Crippen molar-refractivity contribution in [1.29, 1.82) is 0 Å². The van der Waals surface area contributed by atoms with Gasteiger partial charge in [-0.05, 0) is 62.5 Å². The predicted octanol–water partition coefficient (Wildman–Crippen LogP) is 5.49. The monoisotopic (exact) mass is 429 g/mol. The van der Waals surface area contributed by atoms with E-state index in [2.05, 4.69) is 68.4 Å². The summed E-state index contributed by atoms with van der Waals surface area (Å²) >= 11 is 9.02. The molecule has 0 bridgehead atoms. The first-order chi connectivity index (χ1) is 10.2. The fraction of sp³-hybridized carbons (Fsp3) is 0.375. The van der Waals surface area contributed by atoms with Gasteiger partial charge in [0.2, 0.25) is 0 Å². The molecule has 0 aliphatic carbocycles. The van der Waals surface area contributed by atoms with Crippen molar-refractivity contribution in [3.63, 3.8) is 0 Å². The molecule has 1 aromatic carbocycles. The molecule has 3 rings (SSSR count). The van der Waals surface area contributed by atoms with Crippen molar-refractivity contribution < 1.29 is 4.74 Å². The second kappa shape index (κ2) is 6.82. The quantitative estimate of drug-likeness (QED) is 0.676. The van der Waals surface area contributed by atoms with Crippen LogP contribution in [0.1, 0.15) is 36.4 Å². The van der Waals surface area contributed by atoms with Gasteiger partial charge in [-0.2, -0.15) is 0 Å². The van der Waals surface area contributed by atoms with Crippen LogP contribution < -0.4 is 10.1 Å². The second-order valence-electron chi connectivity index (χ2n) is 5.17. The fourth-order valence-electron chi connectivity index (χ4n) is 2.80. The lowest BCUT2D eigenvalue weighted by Crippen LogP contribution is -2.28. The van der Waals surface area contributed by atoms with E-state index in [1.165, 1.54) is 14.9 Å². The number of para-hydroxylation sites is 1. The van der Waals surface area contributed by atoms with Gasteiger partial charge in [0.05, 0.1) is 14.2 Å². The van der Waals surface area contributed by atoms with Gasteiger partial charge in [-0.1, -0.05) is 25.1 Å². The van der Waals surface area contributed by atoms with Crippen molar-refractivity contribution in [2.24, 2.45) is 0 Å². The summed E-state index contributed by atoms with van der Waals surface area (Å²) in [6, 6.07) is 10.9. The molecule has 21 heavy (non-hydrogen) atoms. The molecule has 0 fully saturated rings. The number of fused-ring (bicyclic) bond motifs is 1. The minimum atomic E-state index is 0.269. The van der Waals surface area contributed by atoms with Crippen LogP contribution in [0.3, 0.4) is 0 Å². The number of nitrogens with one attached hydrogen (secondary N) is 1. The Labute approximate surface area is 146 Å². The van der Waals surface area contributed by atoms with E-state index in [4.69, 9.17) is 4.74 Å². The van der Waals surface area contributed by atoms with E-state index < -0.39 is 0 Å². The molecule has 0 radical (unpaired) electrons. The second-order valence-corrected chi connectivity index (χ2v) is 8.92. The molecule has 112 valence electrons. The Morgan fingerprint density at radius 2 is 2.19 bits per heavy atom. The Morgan fingerprint density at radius 1 is 1.38 bits per heavy atom. The highest BCUT2D eigenvalue weighted by atomic mass is 79.9.